The monoisotopic (exact) mass is 234 g/mol. The van der Waals surface area contributed by atoms with Crippen molar-refractivity contribution in [3.05, 3.63) is 28.8 Å². The van der Waals surface area contributed by atoms with Gasteiger partial charge in [0.2, 0.25) is 5.91 Å². The molecule has 0 aromatic heterocycles. The topological polar surface area (TPSA) is 61.2 Å². The summed E-state index contributed by atoms with van der Waals surface area (Å²) in [5.41, 5.74) is 0.836. The maximum absolute atomic E-state index is 11.5. The second-order valence-electron chi connectivity index (χ2n) is 3.47. The van der Waals surface area contributed by atoms with Gasteiger partial charge in [0, 0.05) is 0 Å². The van der Waals surface area contributed by atoms with Crippen LogP contribution in [0.3, 0.4) is 0 Å². The van der Waals surface area contributed by atoms with E-state index < -0.39 is 0 Å². The number of nitrogens with zero attached hydrogens (tertiary/aromatic N) is 2. The number of rotatable bonds is 1. The van der Waals surface area contributed by atoms with Crippen LogP contribution in [0.2, 0.25) is 5.02 Å². The number of amides is 1. The molecule has 1 amide bonds. The van der Waals surface area contributed by atoms with Crippen molar-refractivity contribution in [1.82, 2.24) is 0 Å². The van der Waals surface area contributed by atoms with E-state index >= 15 is 0 Å². The van der Waals surface area contributed by atoms with Gasteiger partial charge < -0.3 is 4.90 Å². The summed E-state index contributed by atoms with van der Waals surface area (Å²) in [5.74, 6) is -0.412. The van der Waals surface area contributed by atoms with Crippen LogP contribution in [0.4, 0.5) is 5.69 Å². The van der Waals surface area contributed by atoms with Crippen molar-refractivity contribution in [3.63, 3.8) is 0 Å². The summed E-state index contributed by atoms with van der Waals surface area (Å²) in [6.07, 6.45) is -0.0902. The summed E-state index contributed by atoms with van der Waals surface area (Å²) >= 11 is 5.93. The van der Waals surface area contributed by atoms with Crippen molar-refractivity contribution in [1.29, 1.82) is 5.26 Å². The predicted molar refractivity (Wildman–Crippen MR) is 58.1 cm³/mol. The van der Waals surface area contributed by atoms with Crippen LogP contribution in [0.1, 0.15) is 12.0 Å². The maximum Gasteiger partial charge on any atom is 0.234 e. The third-order valence-corrected chi connectivity index (χ3v) is 2.67. The first-order valence-corrected chi connectivity index (χ1v) is 5.01. The summed E-state index contributed by atoms with van der Waals surface area (Å²) in [6, 6.07) is 6.59. The van der Waals surface area contributed by atoms with Gasteiger partial charge in [0.1, 0.15) is 0 Å². The normalized spacial score (nSPS) is 15.4. The summed E-state index contributed by atoms with van der Waals surface area (Å²) in [5, 5.41) is 9.11. The number of anilines is 1. The van der Waals surface area contributed by atoms with E-state index in [1.807, 2.05) is 6.07 Å². The average Bonchev–Trinajstić information content (AvgIpc) is 2.58. The third kappa shape index (κ3) is 1.77. The molecule has 1 aliphatic rings. The van der Waals surface area contributed by atoms with Crippen molar-refractivity contribution in [2.45, 2.75) is 6.42 Å². The smallest absolute Gasteiger partial charge is 0.234 e. The molecule has 0 N–H and O–H groups in total. The Hall–Kier alpha value is -1.86. The van der Waals surface area contributed by atoms with Gasteiger partial charge >= 0.3 is 0 Å². The van der Waals surface area contributed by atoms with Crippen molar-refractivity contribution in [3.8, 4) is 6.07 Å². The number of ketones is 1. The van der Waals surface area contributed by atoms with E-state index in [1.165, 1.54) is 11.0 Å². The first kappa shape index (κ1) is 10.7. The molecule has 1 aromatic carbocycles. The second kappa shape index (κ2) is 3.95. The van der Waals surface area contributed by atoms with Gasteiger partial charge in [-0.3, -0.25) is 9.59 Å². The zero-order valence-corrected chi connectivity index (χ0v) is 8.99. The van der Waals surface area contributed by atoms with E-state index in [0.717, 1.165) is 0 Å². The highest BCUT2D eigenvalue weighted by atomic mass is 35.5. The van der Waals surface area contributed by atoms with E-state index in [9.17, 15) is 9.59 Å². The second-order valence-corrected chi connectivity index (χ2v) is 3.88. The van der Waals surface area contributed by atoms with Crippen molar-refractivity contribution in [2.75, 3.05) is 11.4 Å². The third-order valence-electron chi connectivity index (χ3n) is 2.35. The number of halogens is 1. The molecule has 1 saturated heterocycles. The van der Waals surface area contributed by atoms with Crippen LogP contribution in [0, 0.1) is 11.3 Å². The SMILES string of the molecule is N#Cc1ccc(Cl)c(N2CC(=O)CC2=O)c1. The Morgan fingerprint density at radius 2 is 2.12 bits per heavy atom. The van der Waals surface area contributed by atoms with Crippen LogP contribution < -0.4 is 4.90 Å². The quantitative estimate of drug-likeness (QED) is 0.692. The molecule has 4 nitrogen and oxygen atoms in total. The van der Waals surface area contributed by atoms with Crippen LogP contribution in [0.5, 0.6) is 0 Å². The van der Waals surface area contributed by atoms with Crippen molar-refractivity contribution >= 4 is 29.0 Å². The van der Waals surface area contributed by atoms with Crippen molar-refractivity contribution < 1.29 is 9.59 Å². The molecule has 0 saturated carbocycles. The Kier molecular flexibility index (Phi) is 2.63. The number of hydrogen-bond acceptors (Lipinski definition) is 3. The molecule has 0 aliphatic carbocycles. The largest absolute Gasteiger partial charge is 0.303 e. The van der Waals surface area contributed by atoms with E-state index in [2.05, 4.69) is 0 Å². The molecule has 16 heavy (non-hydrogen) atoms. The first-order chi connectivity index (χ1) is 7.61. The zero-order chi connectivity index (χ0) is 11.7. The number of carbonyl (C=O) groups is 2. The lowest BCUT2D eigenvalue weighted by Crippen LogP contribution is -2.24. The Morgan fingerprint density at radius 3 is 2.69 bits per heavy atom. The summed E-state index contributed by atoms with van der Waals surface area (Å²) in [4.78, 5) is 23.9. The van der Waals surface area contributed by atoms with E-state index in [-0.39, 0.29) is 24.7 Å². The fourth-order valence-corrected chi connectivity index (χ4v) is 1.81. The van der Waals surface area contributed by atoms with Crippen LogP contribution >= 0.6 is 11.6 Å². The summed E-state index contributed by atoms with van der Waals surface area (Å²) < 4.78 is 0. The molecule has 1 aromatic rings. The Bertz CT molecular complexity index is 519. The minimum Gasteiger partial charge on any atom is -0.303 e. The lowest BCUT2D eigenvalue weighted by Gasteiger charge is -2.16. The van der Waals surface area contributed by atoms with Gasteiger partial charge in [0.25, 0.3) is 0 Å². The highest BCUT2D eigenvalue weighted by molar-refractivity contribution is 6.34. The minimum absolute atomic E-state index is 0.0352. The molecule has 1 aliphatic heterocycles. The molecular weight excluding hydrogens is 228 g/mol. The Balaban J connectivity index is 2.44. The fourth-order valence-electron chi connectivity index (χ4n) is 1.59. The van der Waals surface area contributed by atoms with Gasteiger partial charge in [-0.25, -0.2) is 0 Å². The van der Waals surface area contributed by atoms with E-state index in [4.69, 9.17) is 16.9 Å². The van der Waals surface area contributed by atoms with Gasteiger partial charge in [-0.2, -0.15) is 5.26 Å². The summed E-state index contributed by atoms with van der Waals surface area (Å²) in [6.45, 7) is 0.0352. The van der Waals surface area contributed by atoms with Crippen LogP contribution in [0.15, 0.2) is 18.2 Å². The zero-order valence-electron chi connectivity index (χ0n) is 8.24. The fraction of sp³-hybridized carbons (Fsp3) is 0.182. The van der Waals surface area contributed by atoms with Crippen molar-refractivity contribution in [2.24, 2.45) is 0 Å². The van der Waals surface area contributed by atoms with Gasteiger partial charge in [-0.05, 0) is 18.2 Å². The van der Waals surface area contributed by atoms with Crippen LogP contribution in [0.25, 0.3) is 0 Å². The van der Waals surface area contributed by atoms with Gasteiger partial charge in [0.05, 0.1) is 35.3 Å². The molecule has 0 radical (unpaired) electrons. The molecule has 0 bridgehead atoms. The number of hydrogen-bond donors (Lipinski definition) is 0. The lowest BCUT2D eigenvalue weighted by atomic mass is 10.2. The summed E-state index contributed by atoms with van der Waals surface area (Å²) in [7, 11) is 0. The Morgan fingerprint density at radius 1 is 1.38 bits per heavy atom. The number of nitriles is 1. The molecule has 5 heteroatoms. The van der Waals surface area contributed by atoms with Gasteiger partial charge in [-0.1, -0.05) is 11.6 Å². The molecule has 1 heterocycles. The molecule has 80 valence electrons. The number of carbonyl (C=O) groups excluding carboxylic acids is 2. The molecule has 2 rings (SSSR count). The van der Waals surface area contributed by atoms with E-state index in [1.54, 1.807) is 12.1 Å². The standard InChI is InChI=1S/C11H7ClN2O2/c12-9-2-1-7(5-13)3-10(9)14-6-8(15)4-11(14)16/h1-3H,4,6H2. The van der Waals surface area contributed by atoms with E-state index in [0.29, 0.717) is 16.3 Å². The maximum atomic E-state index is 11.5. The van der Waals surface area contributed by atoms with Crippen LogP contribution in [-0.4, -0.2) is 18.2 Å². The number of benzene rings is 1. The predicted octanol–water partition coefficient (Wildman–Crippen LogP) is 1.52. The molecular formula is C11H7ClN2O2. The lowest BCUT2D eigenvalue weighted by molar-refractivity contribution is -0.121. The van der Waals surface area contributed by atoms with Gasteiger partial charge in [0.15, 0.2) is 5.78 Å². The molecule has 1 fully saturated rings. The minimum atomic E-state index is -0.276. The average molecular weight is 235 g/mol. The Labute approximate surface area is 97.0 Å². The molecule has 0 unspecified atom stereocenters. The molecule has 0 spiro atoms. The first-order valence-electron chi connectivity index (χ1n) is 4.63. The highest BCUT2D eigenvalue weighted by Gasteiger charge is 2.29. The molecule has 0 atom stereocenters. The number of Topliss-reactive ketones (excluding diaryl/α,β-unsaturated/α-hetero) is 1. The van der Waals surface area contributed by atoms with Gasteiger partial charge in [-0.15, -0.1) is 0 Å². The van der Waals surface area contributed by atoms with Crippen LogP contribution in [-0.2, 0) is 9.59 Å². The highest BCUT2D eigenvalue weighted by Crippen LogP contribution is 2.29.